The lowest BCUT2D eigenvalue weighted by molar-refractivity contribution is 0.122. The minimum atomic E-state index is 0.165. The van der Waals surface area contributed by atoms with E-state index < -0.39 is 0 Å². The molecule has 0 aromatic heterocycles. The van der Waals surface area contributed by atoms with Gasteiger partial charge in [0.25, 0.3) is 0 Å². The van der Waals surface area contributed by atoms with Gasteiger partial charge in [0.1, 0.15) is 0 Å². The monoisotopic (exact) mass is 312 g/mol. The molecule has 0 bridgehead atoms. The van der Waals surface area contributed by atoms with Crippen molar-refractivity contribution in [3.63, 3.8) is 0 Å². The van der Waals surface area contributed by atoms with Gasteiger partial charge in [-0.15, -0.1) is 0 Å². The molecule has 0 aliphatic carbocycles. The minimum Gasteiger partial charge on any atom is -0.396 e. The molecule has 1 aromatic carbocycles. The molecular formula is C16H25ClN2O2. The second-order valence-electron chi connectivity index (χ2n) is 5.61. The molecule has 0 spiro atoms. The number of hydrogen-bond donors (Lipinski definition) is 2. The maximum absolute atomic E-state index is 8.97. The van der Waals surface area contributed by atoms with E-state index in [-0.39, 0.29) is 18.7 Å². The quantitative estimate of drug-likeness (QED) is 0.847. The Kier molecular flexibility index (Phi) is 6.30. The predicted molar refractivity (Wildman–Crippen MR) is 87.2 cm³/mol. The number of aliphatic hydroxyl groups is 1. The summed E-state index contributed by atoms with van der Waals surface area (Å²) in [5, 5.41) is 13.2. The fraction of sp³-hybridized carbons (Fsp3) is 0.625. The Balaban J connectivity index is 2.04. The van der Waals surface area contributed by atoms with E-state index in [1.165, 1.54) is 0 Å². The van der Waals surface area contributed by atoms with Gasteiger partial charge < -0.3 is 20.1 Å². The van der Waals surface area contributed by atoms with Crippen molar-refractivity contribution in [3.8, 4) is 0 Å². The zero-order valence-corrected chi connectivity index (χ0v) is 13.6. The normalized spacial score (nSPS) is 18.6. The van der Waals surface area contributed by atoms with Crippen molar-refractivity contribution in [1.29, 1.82) is 0 Å². The van der Waals surface area contributed by atoms with Gasteiger partial charge in [-0.25, -0.2) is 0 Å². The molecule has 4 nitrogen and oxygen atoms in total. The highest BCUT2D eigenvalue weighted by atomic mass is 35.5. The third kappa shape index (κ3) is 4.58. The molecule has 118 valence electrons. The predicted octanol–water partition coefficient (Wildman–Crippen LogP) is 2.60. The molecule has 0 saturated carbocycles. The van der Waals surface area contributed by atoms with Crippen LogP contribution in [0.15, 0.2) is 18.2 Å². The second kappa shape index (κ2) is 7.99. The Morgan fingerprint density at radius 3 is 2.67 bits per heavy atom. The van der Waals surface area contributed by atoms with E-state index in [4.69, 9.17) is 21.4 Å². The summed E-state index contributed by atoms with van der Waals surface area (Å²) in [5.74, 6) is 0. The van der Waals surface area contributed by atoms with Gasteiger partial charge in [0, 0.05) is 42.5 Å². The van der Waals surface area contributed by atoms with Gasteiger partial charge in [0.15, 0.2) is 0 Å². The number of morpholine rings is 1. The maximum atomic E-state index is 8.97. The smallest absolute Gasteiger partial charge is 0.0642 e. The molecule has 1 aliphatic heterocycles. The highest BCUT2D eigenvalue weighted by Gasteiger charge is 2.16. The third-order valence-corrected chi connectivity index (χ3v) is 4.25. The summed E-state index contributed by atoms with van der Waals surface area (Å²) < 4.78 is 5.38. The molecule has 2 rings (SSSR count). The summed E-state index contributed by atoms with van der Waals surface area (Å²) in [6.07, 6.45) is 0.744. The van der Waals surface area contributed by atoms with Crippen LogP contribution in [0.5, 0.6) is 0 Å². The van der Waals surface area contributed by atoms with Crippen molar-refractivity contribution in [3.05, 3.63) is 28.8 Å². The molecule has 0 radical (unpaired) electrons. The molecule has 0 amide bonds. The van der Waals surface area contributed by atoms with E-state index in [1.54, 1.807) is 0 Å². The Hall–Kier alpha value is -0.810. The van der Waals surface area contributed by atoms with E-state index >= 15 is 0 Å². The number of rotatable bonds is 6. The molecule has 1 aromatic rings. The number of aliphatic hydroxyl groups excluding tert-OH is 1. The minimum absolute atomic E-state index is 0.165. The molecule has 5 heteroatoms. The number of ether oxygens (including phenoxy) is 1. The van der Waals surface area contributed by atoms with Crippen molar-refractivity contribution in [2.75, 3.05) is 37.8 Å². The van der Waals surface area contributed by atoms with Crippen LogP contribution in [0.25, 0.3) is 0 Å². The van der Waals surface area contributed by atoms with Crippen LogP contribution in [0.3, 0.4) is 0 Å². The Morgan fingerprint density at radius 1 is 1.33 bits per heavy atom. The first-order chi connectivity index (χ1) is 10.1. The van der Waals surface area contributed by atoms with Crippen molar-refractivity contribution >= 4 is 17.3 Å². The van der Waals surface area contributed by atoms with Crippen LogP contribution >= 0.6 is 11.6 Å². The third-order valence-electron chi connectivity index (χ3n) is 3.92. The average molecular weight is 313 g/mol. The van der Waals surface area contributed by atoms with Gasteiger partial charge in [-0.2, -0.15) is 0 Å². The number of nitrogens with zero attached hydrogens (tertiary/aromatic N) is 1. The number of benzene rings is 1. The molecule has 1 heterocycles. The summed E-state index contributed by atoms with van der Waals surface area (Å²) in [6, 6.07) is 6.69. The van der Waals surface area contributed by atoms with Crippen molar-refractivity contribution in [1.82, 2.24) is 5.32 Å². The van der Waals surface area contributed by atoms with Crippen molar-refractivity contribution in [2.45, 2.75) is 32.4 Å². The van der Waals surface area contributed by atoms with Crippen LogP contribution in [0, 0.1) is 0 Å². The highest BCUT2D eigenvalue weighted by Crippen LogP contribution is 2.28. The average Bonchev–Trinajstić information content (AvgIpc) is 2.48. The van der Waals surface area contributed by atoms with E-state index in [9.17, 15) is 0 Å². The van der Waals surface area contributed by atoms with Gasteiger partial charge in [0.05, 0.1) is 13.2 Å². The van der Waals surface area contributed by atoms with E-state index in [0.717, 1.165) is 49.0 Å². The van der Waals surface area contributed by atoms with Gasteiger partial charge in [-0.1, -0.05) is 17.7 Å². The second-order valence-corrected chi connectivity index (χ2v) is 6.01. The summed E-state index contributed by atoms with van der Waals surface area (Å²) in [7, 11) is 0. The fourth-order valence-electron chi connectivity index (χ4n) is 2.68. The SMILES string of the molecule is CC(N[C@H](C)CCO)c1ccc(N2CCOCC2)cc1Cl. The summed E-state index contributed by atoms with van der Waals surface area (Å²) in [5.41, 5.74) is 2.25. The zero-order valence-electron chi connectivity index (χ0n) is 12.8. The molecular weight excluding hydrogens is 288 g/mol. The zero-order chi connectivity index (χ0) is 15.2. The maximum Gasteiger partial charge on any atom is 0.0642 e. The lowest BCUT2D eigenvalue weighted by Crippen LogP contribution is -2.36. The molecule has 1 fully saturated rings. The van der Waals surface area contributed by atoms with Crippen molar-refractivity contribution < 1.29 is 9.84 Å². The van der Waals surface area contributed by atoms with E-state index in [2.05, 4.69) is 36.2 Å². The number of anilines is 1. The molecule has 21 heavy (non-hydrogen) atoms. The number of hydrogen-bond acceptors (Lipinski definition) is 4. The van der Waals surface area contributed by atoms with Gasteiger partial charge in [-0.05, 0) is 38.0 Å². The lowest BCUT2D eigenvalue weighted by atomic mass is 10.1. The standard InChI is InChI=1S/C16H25ClN2O2/c1-12(5-8-20)18-13(2)15-4-3-14(11-16(15)17)19-6-9-21-10-7-19/h3-4,11-13,18,20H,5-10H2,1-2H3/t12-,13?/m1/s1. The van der Waals surface area contributed by atoms with Crippen molar-refractivity contribution in [2.24, 2.45) is 0 Å². The summed E-state index contributed by atoms with van der Waals surface area (Å²) in [6.45, 7) is 7.75. The molecule has 1 unspecified atom stereocenters. The first-order valence-electron chi connectivity index (χ1n) is 7.61. The van der Waals surface area contributed by atoms with Crippen LogP contribution in [0.1, 0.15) is 31.9 Å². The molecule has 1 aliphatic rings. The largest absolute Gasteiger partial charge is 0.396 e. The van der Waals surface area contributed by atoms with Crippen LogP contribution in [0.4, 0.5) is 5.69 Å². The van der Waals surface area contributed by atoms with Crippen LogP contribution < -0.4 is 10.2 Å². The lowest BCUT2D eigenvalue weighted by Gasteiger charge is -2.29. The van der Waals surface area contributed by atoms with Crippen LogP contribution in [-0.2, 0) is 4.74 Å². The fourth-order valence-corrected chi connectivity index (χ4v) is 3.02. The van der Waals surface area contributed by atoms with Crippen LogP contribution in [0.2, 0.25) is 5.02 Å². The first-order valence-corrected chi connectivity index (χ1v) is 7.98. The van der Waals surface area contributed by atoms with Gasteiger partial charge in [0.2, 0.25) is 0 Å². The topological polar surface area (TPSA) is 44.7 Å². The number of halogens is 1. The summed E-state index contributed by atoms with van der Waals surface area (Å²) >= 11 is 6.46. The van der Waals surface area contributed by atoms with Gasteiger partial charge >= 0.3 is 0 Å². The van der Waals surface area contributed by atoms with E-state index in [1.807, 2.05) is 6.07 Å². The molecule has 2 atom stereocenters. The highest BCUT2D eigenvalue weighted by molar-refractivity contribution is 6.31. The number of nitrogens with one attached hydrogen (secondary N) is 1. The summed E-state index contributed by atoms with van der Waals surface area (Å²) in [4.78, 5) is 2.30. The Bertz CT molecular complexity index is 450. The van der Waals surface area contributed by atoms with Crippen LogP contribution in [-0.4, -0.2) is 44.1 Å². The Morgan fingerprint density at radius 2 is 2.05 bits per heavy atom. The van der Waals surface area contributed by atoms with Gasteiger partial charge in [-0.3, -0.25) is 0 Å². The Labute approximate surface area is 132 Å². The van der Waals surface area contributed by atoms with E-state index in [0.29, 0.717) is 0 Å². The first kappa shape index (κ1) is 16.6. The molecule has 2 N–H and O–H groups in total. The molecule has 1 saturated heterocycles.